The van der Waals surface area contributed by atoms with Gasteiger partial charge in [0.1, 0.15) is 0 Å². The molecule has 0 fully saturated rings. The minimum atomic E-state index is 0.530. The molecule has 0 bridgehead atoms. The average molecular weight is 551 g/mol. The Morgan fingerprint density at radius 1 is 1.06 bits per heavy atom. The maximum absolute atomic E-state index is 5.29. The van der Waals surface area contributed by atoms with Gasteiger partial charge in [0, 0.05) is 11.5 Å². The van der Waals surface area contributed by atoms with Crippen molar-refractivity contribution in [3.8, 4) is 0 Å². The molecule has 0 spiro atoms. The van der Waals surface area contributed by atoms with E-state index in [2.05, 4.69) is 55.4 Å². The number of pyridine rings is 1. The van der Waals surface area contributed by atoms with Gasteiger partial charge in [0.25, 0.3) is 0 Å². The van der Waals surface area contributed by atoms with Gasteiger partial charge in [-0.3, -0.25) is 0 Å². The van der Waals surface area contributed by atoms with Crippen LogP contribution in [0.3, 0.4) is 0 Å². The smallest absolute Gasteiger partial charge is 0.378 e. The zero-order chi connectivity index (χ0) is 11.4. The molecule has 0 unspecified atom stereocenters. The van der Waals surface area contributed by atoms with Crippen molar-refractivity contribution >= 4 is 53.8 Å². The Bertz CT molecular complexity index is 594. The predicted molar refractivity (Wildman–Crippen MR) is 77.4 cm³/mol. The molecule has 1 aromatic carbocycles. The van der Waals surface area contributed by atoms with E-state index in [-0.39, 0.29) is 0 Å². The molecular weight excluding hydrogens is 543 g/mol. The van der Waals surface area contributed by atoms with Crippen molar-refractivity contribution in [2.45, 2.75) is 0 Å². The number of rotatable bonds is 0. The predicted octanol–water partition coefficient (Wildman–Crippen LogP) is 0.947. The second-order valence-corrected chi connectivity index (χ2v) is 19.3. The molecule has 0 saturated heterocycles. The molecule has 0 N–H and O–H groups in total. The topological polar surface area (TPSA) is 17.2 Å². The quantitative estimate of drug-likeness (QED) is 0.301. The molecule has 0 saturated carbocycles. The number of benzene rings is 1. The zero-order valence-electron chi connectivity index (χ0n) is 8.11. The van der Waals surface area contributed by atoms with Gasteiger partial charge in [-0.1, -0.05) is 12.1 Å². The Labute approximate surface area is 123 Å². The molecule has 2 heterocycles. The van der Waals surface area contributed by atoms with Crippen LogP contribution in [-0.4, -0.2) is 0 Å². The molecule has 0 atom stereocenters. The van der Waals surface area contributed by atoms with Crippen LogP contribution in [-0.2, 0) is 0 Å². The number of hydrogen-bond acceptors (Lipinski definition) is 1. The fraction of sp³-hybridized carbons (Fsp3) is 0. The fourth-order valence-corrected chi connectivity index (χ4v) is 1.62. The average Bonchev–Trinajstić information content (AvgIpc) is 2.78. The molecule has 5 heteroatoms. The largest absolute Gasteiger partial charge is 0.406 e. The summed E-state index contributed by atoms with van der Waals surface area (Å²) in [5.74, 6) is 0. The molecule has 0 amide bonds. The van der Waals surface area contributed by atoms with Gasteiger partial charge in [-0.25, -0.2) is 0 Å². The van der Waals surface area contributed by atoms with E-state index < -0.39 is 0 Å². The van der Waals surface area contributed by atoms with Crippen LogP contribution >= 0.6 is 37.2 Å². The first-order valence-corrected chi connectivity index (χ1v) is 17.1. The summed E-state index contributed by atoms with van der Waals surface area (Å²) in [7, 11) is 0. The number of aromatic nitrogens is 1. The van der Waals surface area contributed by atoms with Gasteiger partial charge >= 0.3 is 56.2 Å². The molecule has 2 aromatic heterocycles. The van der Waals surface area contributed by atoms with Gasteiger partial charge in [-0.15, -0.1) is 4.40 Å². The monoisotopic (exact) mass is 551 g/mol. The van der Waals surface area contributed by atoms with Crippen molar-refractivity contribution in [3.63, 3.8) is 0 Å². The van der Waals surface area contributed by atoms with Gasteiger partial charge in [0.05, 0.1) is 6.07 Å². The van der Waals surface area contributed by atoms with Crippen molar-refractivity contribution in [1.29, 1.82) is 0 Å². The molecule has 0 radical (unpaired) electrons. The second-order valence-electron chi connectivity index (χ2n) is 3.06. The molecular formula is C11H8I3NO. The maximum Gasteiger partial charge on any atom is 0.378 e. The number of fused-ring (bicyclic) bond motifs is 3. The molecule has 3 rings (SSSR count). The van der Waals surface area contributed by atoms with E-state index in [0.717, 1.165) is 5.71 Å². The Hall–Kier alpha value is 0.360. The van der Waals surface area contributed by atoms with E-state index in [1.54, 1.807) is 6.26 Å². The molecule has 0 aliphatic carbocycles. The SMILES string of the molecule is I[I-]I.c1ccc2c(c1)ccc1occ[n+]12. The van der Waals surface area contributed by atoms with Crippen molar-refractivity contribution in [2.24, 2.45) is 0 Å². The number of nitrogens with zero attached hydrogens (tertiary/aromatic N) is 1. The summed E-state index contributed by atoms with van der Waals surface area (Å²) in [4.78, 5) is 0. The molecule has 84 valence electrons. The van der Waals surface area contributed by atoms with Gasteiger partial charge in [0.15, 0.2) is 6.26 Å². The van der Waals surface area contributed by atoms with Gasteiger partial charge in [-0.2, -0.15) is 0 Å². The molecule has 0 aliphatic heterocycles. The van der Waals surface area contributed by atoms with E-state index >= 15 is 0 Å². The summed E-state index contributed by atoms with van der Waals surface area (Å²) in [5.41, 5.74) is 2.05. The number of para-hydroxylation sites is 1. The first kappa shape index (κ1) is 12.8. The maximum atomic E-state index is 5.29. The number of hydrogen-bond donors (Lipinski definition) is 0. The van der Waals surface area contributed by atoms with Crippen molar-refractivity contribution in [1.82, 2.24) is 0 Å². The van der Waals surface area contributed by atoms with Crippen LogP contribution in [0.2, 0.25) is 0 Å². The Balaban J connectivity index is 0.000000292. The number of halogens is 3. The van der Waals surface area contributed by atoms with Crippen LogP contribution in [0.1, 0.15) is 0 Å². The normalized spacial score (nSPS) is 10.4. The Morgan fingerprint density at radius 2 is 1.81 bits per heavy atom. The van der Waals surface area contributed by atoms with Crippen molar-refractivity contribution in [3.05, 3.63) is 48.9 Å². The summed E-state index contributed by atoms with van der Waals surface area (Å²) in [5, 5.41) is 1.22. The van der Waals surface area contributed by atoms with E-state index in [1.807, 2.05) is 28.8 Å². The van der Waals surface area contributed by atoms with Crippen molar-refractivity contribution in [2.75, 3.05) is 0 Å². The van der Waals surface area contributed by atoms with E-state index in [9.17, 15) is 0 Å². The van der Waals surface area contributed by atoms with Crippen molar-refractivity contribution < 1.29 is 22.1 Å². The van der Waals surface area contributed by atoms with Crippen LogP contribution < -0.4 is 17.7 Å². The van der Waals surface area contributed by atoms with Crippen LogP contribution in [0.15, 0.2) is 53.3 Å². The molecule has 3 aromatic rings. The van der Waals surface area contributed by atoms with Crippen LogP contribution in [0.5, 0.6) is 0 Å². The van der Waals surface area contributed by atoms with Crippen LogP contribution in [0.25, 0.3) is 16.6 Å². The van der Waals surface area contributed by atoms with Gasteiger partial charge in [0.2, 0.25) is 11.7 Å². The van der Waals surface area contributed by atoms with Crippen LogP contribution in [0, 0.1) is 0 Å². The summed E-state index contributed by atoms with van der Waals surface area (Å²) in [6.07, 6.45) is 3.62. The minimum absolute atomic E-state index is 0.530. The van der Waals surface area contributed by atoms with Crippen LogP contribution in [0.4, 0.5) is 0 Å². The number of oxazole rings is 1. The second kappa shape index (κ2) is 6.34. The minimum Gasteiger partial charge on any atom is -0.406 e. The molecule has 2 nitrogen and oxygen atoms in total. The first-order chi connectivity index (χ1) is 7.86. The zero-order valence-corrected chi connectivity index (χ0v) is 14.6. The third kappa shape index (κ3) is 2.78. The summed E-state index contributed by atoms with van der Waals surface area (Å²) < 4.78 is 7.33. The molecule has 16 heavy (non-hydrogen) atoms. The first-order valence-electron chi connectivity index (χ1n) is 4.50. The summed E-state index contributed by atoms with van der Waals surface area (Å²) in [6.45, 7) is 0. The van der Waals surface area contributed by atoms with E-state index in [0.29, 0.717) is 13.3 Å². The Morgan fingerprint density at radius 3 is 2.62 bits per heavy atom. The van der Waals surface area contributed by atoms with E-state index in [4.69, 9.17) is 4.42 Å². The summed E-state index contributed by atoms with van der Waals surface area (Å²) in [6, 6.07) is 12.3. The summed E-state index contributed by atoms with van der Waals surface area (Å²) >= 11 is 5.30. The molecule has 0 aliphatic rings. The third-order valence-corrected chi connectivity index (χ3v) is 2.24. The standard InChI is InChI=1S/C11H8NO.I3/c1-2-4-10-9(3-1)5-6-11-12(10)7-8-13-11;1-3-2/h1-8H;/q+1;-1. The fourth-order valence-electron chi connectivity index (χ4n) is 1.62. The van der Waals surface area contributed by atoms with Gasteiger partial charge < -0.3 is 4.42 Å². The Kier molecular flexibility index (Phi) is 5.07. The van der Waals surface area contributed by atoms with Gasteiger partial charge in [-0.05, 0) is 12.1 Å². The van der Waals surface area contributed by atoms with E-state index in [1.165, 1.54) is 10.9 Å². The third-order valence-electron chi connectivity index (χ3n) is 2.24.